The van der Waals surface area contributed by atoms with Gasteiger partial charge in [0.2, 0.25) is 0 Å². The molecule has 0 aliphatic carbocycles. The molecule has 0 saturated carbocycles. The number of halogens is 1. The maximum absolute atomic E-state index is 13.2. The minimum Gasteiger partial charge on any atom is -0.368 e. The fourth-order valence-electron chi connectivity index (χ4n) is 3.05. The van der Waals surface area contributed by atoms with Crippen LogP contribution >= 0.6 is 0 Å². The molecule has 1 aromatic carbocycles. The average molecular weight is 250 g/mol. The van der Waals surface area contributed by atoms with Crippen molar-refractivity contribution < 1.29 is 4.39 Å². The maximum Gasteiger partial charge on any atom is 0.123 e. The van der Waals surface area contributed by atoms with Crippen LogP contribution in [0.5, 0.6) is 0 Å². The summed E-state index contributed by atoms with van der Waals surface area (Å²) in [6.45, 7) is 7.57. The molecule has 2 nitrogen and oxygen atoms in total. The van der Waals surface area contributed by atoms with E-state index in [1.54, 1.807) is 12.1 Å². The Kier molecular flexibility index (Phi) is 3.91. The summed E-state index contributed by atoms with van der Waals surface area (Å²) in [5, 5.41) is 3.39. The maximum atomic E-state index is 13.2. The van der Waals surface area contributed by atoms with E-state index in [0.717, 1.165) is 18.5 Å². The van der Waals surface area contributed by atoms with Gasteiger partial charge in [-0.05, 0) is 57.0 Å². The fraction of sp³-hybridized carbons (Fsp3) is 0.600. The molecule has 0 radical (unpaired) electrons. The van der Waals surface area contributed by atoms with Crippen molar-refractivity contribution in [1.82, 2.24) is 5.32 Å². The Morgan fingerprint density at radius 2 is 2.06 bits per heavy atom. The molecule has 0 bridgehead atoms. The average Bonchev–Trinajstić information content (AvgIpc) is 2.34. The third-order valence-corrected chi connectivity index (χ3v) is 4.41. The largest absolute Gasteiger partial charge is 0.368 e. The molecule has 3 heteroatoms. The molecule has 1 heterocycles. The third-order valence-electron chi connectivity index (χ3n) is 4.41. The van der Waals surface area contributed by atoms with E-state index in [1.807, 2.05) is 20.0 Å². The van der Waals surface area contributed by atoms with E-state index in [4.69, 9.17) is 0 Å². The minimum atomic E-state index is -0.151. The van der Waals surface area contributed by atoms with E-state index in [0.29, 0.717) is 18.0 Å². The van der Waals surface area contributed by atoms with Gasteiger partial charge in [-0.15, -0.1) is 0 Å². The van der Waals surface area contributed by atoms with Crippen LogP contribution in [0, 0.1) is 18.7 Å². The van der Waals surface area contributed by atoms with Gasteiger partial charge in [0.15, 0.2) is 0 Å². The van der Waals surface area contributed by atoms with Gasteiger partial charge in [-0.2, -0.15) is 0 Å². The topological polar surface area (TPSA) is 15.3 Å². The van der Waals surface area contributed by atoms with Crippen LogP contribution in [-0.2, 0) is 0 Å². The summed E-state index contributed by atoms with van der Waals surface area (Å²) in [6.07, 6.45) is 1.14. The molecular weight excluding hydrogens is 227 g/mol. The predicted molar refractivity (Wildman–Crippen MR) is 74.6 cm³/mol. The molecule has 1 aromatic rings. The first kappa shape index (κ1) is 13.3. The van der Waals surface area contributed by atoms with E-state index >= 15 is 0 Å². The Morgan fingerprint density at radius 3 is 2.67 bits per heavy atom. The number of benzene rings is 1. The summed E-state index contributed by atoms with van der Waals surface area (Å²) in [6, 6.07) is 6.14. The van der Waals surface area contributed by atoms with Crippen LogP contribution in [0.15, 0.2) is 18.2 Å². The monoisotopic (exact) mass is 250 g/mol. The van der Waals surface area contributed by atoms with Gasteiger partial charge in [0.25, 0.3) is 0 Å². The normalized spacial score (nSPS) is 28.5. The molecular formula is C15H23FN2. The van der Waals surface area contributed by atoms with Crippen LogP contribution in [0.25, 0.3) is 0 Å². The Labute approximate surface area is 109 Å². The lowest BCUT2D eigenvalue weighted by molar-refractivity contribution is 0.282. The third kappa shape index (κ3) is 2.37. The highest BCUT2D eigenvalue weighted by molar-refractivity contribution is 5.54. The molecule has 1 aliphatic rings. The van der Waals surface area contributed by atoms with Crippen LogP contribution in [0.2, 0.25) is 0 Å². The molecule has 0 amide bonds. The Balaban J connectivity index is 2.24. The standard InChI is InChI=1S/C15H23FN2/c1-10-9-13(16)5-6-15(10)18-8-7-14(17-4)11(2)12(18)3/h5-6,9,11-12,14,17H,7-8H2,1-4H3. The van der Waals surface area contributed by atoms with Crippen molar-refractivity contribution in [3.05, 3.63) is 29.6 Å². The fourth-order valence-corrected chi connectivity index (χ4v) is 3.05. The molecule has 1 aliphatic heterocycles. The zero-order valence-electron chi connectivity index (χ0n) is 11.7. The number of nitrogens with zero attached hydrogens (tertiary/aromatic N) is 1. The van der Waals surface area contributed by atoms with Gasteiger partial charge in [-0.3, -0.25) is 0 Å². The number of rotatable bonds is 2. The molecule has 3 unspecified atom stereocenters. The quantitative estimate of drug-likeness (QED) is 0.868. The zero-order chi connectivity index (χ0) is 13.3. The first-order valence-electron chi connectivity index (χ1n) is 6.74. The lowest BCUT2D eigenvalue weighted by Crippen LogP contribution is -2.53. The van der Waals surface area contributed by atoms with Crippen LogP contribution in [-0.4, -0.2) is 25.7 Å². The summed E-state index contributed by atoms with van der Waals surface area (Å²) in [4.78, 5) is 2.41. The van der Waals surface area contributed by atoms with E-state index in [2.05, 4.69) is 24.1 Å². The number of anilines is 1. The summed E-state index contributed by atoms with van der Waals surface area (Å²) < 4.78 is 13.2. The molecule has 100 valence electrons. The second kappa shape index (κ2) is 5.27. The molecule has 2 rings (SSSR count). The Morgan fingerprint density at radius 1 is 1.33 bits per heavy atom. The number of nitrogens with one attached hydrogen (secondary N) is 1. The molecule has 3 atom stereocenters. The highest BCUT2D eigenvalue weighted by Crippen LogP contribution is 2.31. The minimum absolute atomic E-state index is 0.151. The second-order valence-electron chi connectivity index (χ2n) is 5.41. The number of hydrogen-bond donors (Lipinski definition) is 1. The summed E-state index contributed by atoms with van der Waals surface area (Å²) in [7, 11) is 2.03. The summed E-state index contributed by atoms with van der Waals surface area (Å²) in [5.74, 6) is 0.440. The van der Waals surface area contributed by atoms with Crippen molar-refractivity contribution in [3.8, 4) is 0 Å². The van der Waals surface area contributed by atoms with Crippen molar-refractivity contribution in [2.24, 2.45) is 5.92 Å². The number of aryl methyl sites for hydroxylation is 1. The number of piperidine rings is 1. The second-order valence-corrected chi connectivity index (χ2v) is 5.41. The highest BCUT2D eigenvalue weighted by atomic mass is 19.1. The molecule has 1 fully saturated rings. The van der Waals surface area contributed by atoms with Crippen LogP contribution in [0.1, 0.15) is 25.8 Å². The zero-order valence-corrected chi connectivity index (χ0v) is 11.7. The smallest absolute Gasteiger partial charge is 0.123 e. The first-order valence-corrected chi connectivity index (χ1v) is 6.74. The van der Waals surface area contributed by atoms with Crippen molar-refractivity contribution in [2.75, 3.05) is 18.5 Å². The van der Waals surface area contributed by atoms with Gasteiger partial charge in [-0.1, -0.05) is 6.92 Å². The van der Waals surface area contributed by atoms with E-state index in [9.17, 15) is 4.39 Å². The van der Waals surface area contributed by atoms with E-state index in [1.165, 1.54) is 5.69 Å². The Bertz CT molecular complexity index is 419. The summed E-state index contributed by atoms with van der Waals surface area (Å²) in [5.41, 5.74) is 2.20. The first-order chi connectivity index (χ1) is 8.54. The van der Waals surface area contributed by atoms with E-state index in [-0.39, 0.29) is 5.82 Å². The van der Waals surface area contributed by atoms with Crippen molar-refractivity contribution in [1.29, 1.82) is 0 Å². The number of hydrogen-bond acceptors (Lipinski definition) is 2. The molecule has 0 spiro atoms. The molecule has 0 aromatic heterocycles. The van der Waals surface area contributed by atoms with Crippen molar-refractivity contribution in [3.63, 3.8) is 0 Å². The van der Waals surface area contributed by atoms with Crippen LogP contribution < -0.4 is 10.2 Å². The lowest BCUT2D eigenvalue weighted by Gasteiger charge is -2.44. The Hall–Kier alpha value is -1.09. The van der Waals surface area contributed by atoms with Gasteiger partial charge in [0.05, 0.1) is 0 Å². The summed E-state index contributed by atoms with van der Waals surface area (Å²) >= 11 is 0. The van der Waals surface area contributed by atoms with Gasteiger partial charge in [0, 0.05) is 24.3 Å². The van der Waals surface area contributed by atoms with Gasteiger partial charge < -0.3 is 10.2 Å². The van der Waals surface area contributed by atoms with Crippen LogP contribution in [0.3, 0.4) is 0 Å². The van der Waals surface area contributed by atoms with Gasteiger partial charge in [0.1, 0.15) is 5.82 Å². The van der Waals surface area contributed by atoms with E-state index < -0.39 is 0 Å². The highest BCUT2D eigenvalue weighted by Gasteiger charge is 2.32. The molecule has 1 saturated heterocycles. The van der Waals surface area contributed by atoms with Crippen LogP contribution in [0.4, 0.5) is 10.1 Å². The lowest BCUT2D eigenvalue weighted by atomic mass is 9.86. The van der Waals surface area contributed by atoms with Gasteiger partial charge >= 0.3 is 0 Å². The SMILES string of the molecule is CNC1CCN(c2ccc(F)cc2C)C(C)C1C. The predicted octanol–water partition coefficient (Wildman–Crippen LogP) is 2.96. The molecule has 1 N–H and O–H groups in total. The van der Waals surface area contributed by atoms with Gasteiger partial charge in [-0.25, -0.2) is 4.39 Å². The molecule has 18 heavy (non-hydrogen) atoms. The van der Waals surface area contributed by atoms with Crippen molar-refractivity contribution in [2.45, 2.75) is 39.3 Å². The van der Waals surface area contributed by atoms with Crippen molar-refractivity contribution >= 4 is 5.69 Å².